The number of hydrogen-bond acceptors (Lipinski definition) is 3. The molecular weight excluding hydrogens is 236 g/mol. The Labute approximate surface area is 98.7 Å². The number of hydrogen-bond donors (Lipinski definition) is 2. The molecule has 0 amide bonds. The summed E-state index contributed by atoms with van der Waals surface area (Å²) in [6.45, 7) is 4.87. The van der Waals surface area contributed by atoms with Gasteiger partial charge < -0.3 is 5.32 Å². The molecule has 0 aromatic rings. The highest BCUT2D eigenvalue weighted by atomic mass is 35.5. The van der Waals surface area contributed by atoms with Gasteiger partial charge in [-0.25, -0.2) is 13.1 Å². The van der Waals surface area contributed by atoms with Crippen molar-refractivity contribution in [3.63, 3.8) is 0 Å². The molecule has 1 heterocycles. The van der Waals surface area contributed by atoms with Crippen LogP contribution in [0, 0.1) is 0 Å². The monoisotopic (exact) mass is 256 g/mol. The molecule has 0 radical (unpaired) electrons. The van der Waals surface area contributed by atoms with Crippen LogP contribution in [-0.4, -0.2) is 32.8 Å². The molecule has 0 saturated carbocycles. The van der Waals surface area contributed by atoms with Crippen LogP contribution in [-0.2, 0) is 10.0 Å². The molecule has 4 nitrogen and oxygen atoms in total. The van der Waals surface area contributed by atoms with Gasteiger partial charge in [-0.2, -0.15) is 0 Å². The standard InChI is InChI=1S/C9H20N2O2S.ClH/c1-3-6-14(12,13)11-9-4-5-10-8(2)7-9;/h8-11H,3-7H2,1-2H3;1H. The predicted molar refractivity (Wildman–Crippen MR) is 64.9 cm³/mol. The summed E-state index contributed by atoms with van der Waals surface area (Å²) in [5.41, 5.74) is 0. The molecule has 1 aliphatic rings. The minimum absolute atomic E-state index is 0. The minimum Gasteiger partial charge on any atom is -0.314 e. The molecule has 2 atom stereocenters. The van der Waals surface area contributed by atoms with Gasteiger partial charge in [0.25, 0.3) is 0 Å². The van der Waals surface area contributed by atoms with Crippen LogP contribution in [0.2, 0.25) is 0 Å². The summed E-state index contributed by atoms with van der Waals surface area (Å²) in [7, 11) is -3.03. The zero-order valence-electron chi connectivity index (χ0n) is 9.32. The topological polar surface area (TPSA) is 58.2 Å². The van der Waals surface area contributed by atoms with Crippen molar-refractivity contribution in [1.29, 1.82) is 0 Å². The van der Waals surface area contributed by atoms with Crippen LogP contribution in [0.15, 0.2) is 0 Å². The van der Waals surface area contributed by atoms with Gasteiger partial charge in [0.05, 0.1) is 5.75 Å². The molecule has 1 saturated heterocycles. The first kappa shape index (κ1) is 15.2. The molecular formula is C9H21ClN2O2S. The molecule has 0 aromatic heterocycles. The molecule has 0 aromatic carbocycles. The minimum atomic E-state index is -3.03. The number of halogens is 1. The van der Waals surface area contributed by atoms with Gasteiger partial charge in [-0.05, 0) is 32.7 Å². The van der Waals surface area contributed by atoms with Crippen LogP contribution in [0.4, 0.5) is 0 Å². The van der Waals surface area contributed by atoms with E-state index in [4.69, 9.17) is 0 Å². The average molecular weight is 257 g/mol. The van der Waals surface area contributed by atoms with Crippen molar-refractivity contribution in [2.75, 3.05) is 12.3 Å². The first-order valence-corrected chi connectivity index (χ1v) is 6.92. The van der Waals surface area contributed by atoms with Gasteiger partial charge in [0.15, 0.2) is 0 Å². The fourth-order valence-electron chi connectivity index (χ4n) is 1.82. The highest BCUT2D eigenvalue weighted by Crippen LogP contribution is 2.09. The maximum atomic E-state index is 11.5. The maximum absolute atomic E-state index is 11.5. The van der Waals surface area contributed by atoms with Crippen LogP contribution in [0.3, 0.4) is 0 Å². The molecule has 92 valence electrons. The molecule has 15 heavy (non-hydrogen) atoms. The Bertz CT molecular complexity index is 269. The van der Waals surface area contributed by atoms with Crippen molar-refractivity contribution < 1.29 is 8.42 Å². The molecule has 0 spiro atoms. The average Bonchev–Trinajstić information content (AvgIpc) is 2.02. The van der Waals surface area contributed by atoms with Gasteiger partial charge in [-0.1, -0.05) is 6.92 Å². The highest BCUT2D eigenvalue weighted by molar-refractivity contribution is 7.89. The van der Waals surface area contributed by atoms with Crippen LogP contribution in [0.1, 0.15) is 33.1 Å². The zero-order valence-corrected chi connectivity index (χ0v) is 11.0. The number of rotatable bonds is 4. The van der Waals surface area contributed by atoms with E-state index in [0.717, 1.165) is 19.4 Å². The SMILES string of the molecule is CCCS(=O)(=O)NC1CCNC(C)C1.Cl. The third-order valence-corrected chi connectivity index (χ3v) is 4.08. The molecule has 2 unspecified atom stereocenters. The van der Waals surface area contributed by atoms with E-state index in [0.29, 0.717) is 12.5 Å². The van der Waals surface area contributed by atoms with Gasteiger partial charge in [-0.3, -0.25) is 0 Å². The normalized spacial score (nSPS) is 27.1. The molecule has 2 N–H and O–H groups in total. The van der Waals surface area contributed by atoms with Crippen LogP contribution in [0.25, 0.3) is 0 Å². The Morgan fingerprint density at radius 1 is 1.47 bits per heavy atom. The maximum Gasteiger partial charge on any atom is 0.211 e. The molecule has 1 aliphatic heterocycles. The summed E-state index contributed by atoms with van der Waals surface area (Å²) >= 11 is 0. The number of piperidine rings is 1. The van der Waals surface area contributed by atoms with Gasteiger partial charge in [-0.15, -0.1) is 12.4 Å². The van der Waals surface area contributed by atoms with E-state index in [1.807, 2.05) is 6.92 Å². The summed E-state index contributed by atoms with van der Waals surface area (Å²) in [4.78, 5) is 0. The fourth-order valence-corrected chi connectivity index (χ4v) is 3.20. The Morgan fingerprint density at radius 3 is 2.67 bits per heavy atom. The van der Waals surface area contributed by atoms with Crippen molar-refractivity contribution in [3.8, 4) is 0 Å². The van der Waals surface area contributed by atoms with E-state index < -0.39 is 10.0 Å². The van der Waals surface area contributed by atoms with Crippen LogP contribution >= 0.6 is 12.4 Å². The van der Waals surface area contributed by atoms with E-state index >= 15 is 0 Å². The summed E-state index contributed by atoms with van der Waals surface area (Å²) in [6, 6.07) is 0.542. The van der Waals surface area contributed by atoms with Gasteiger partial charge >= 0.3 is 0 Å². The first-order valence-electron chi connectivity index (χ1n) is 5.27. The van der Waals surface area contributed by atoms with E-state index in [-0.39, 0.29) is 24.2 Å². The number of sulfonamides is 1. The Kier molecular flexibility index (Phi) is 6.75. The molecule has 1 fully saturated rings. The predicted octanol–water partition coefficient (Wildman–Crippen LogP) is 0.878. The third-order valence-electron chi connectivity index (χ3n) is 2.44. The lowest BCUT2D eigenvalue weighted by molar-refractivity contribution is 0.361. The lowest BCUT2D eigenvalue weighted by Crippen LogP contribution is -2.47. The lowest BCUT2D eigenvalue weighted by Gasteiger charge is -2.28. The van der Waals surface area contributed by atoms with Crippen LogP contribution in [0.5, 0.6) is 0 Å². The summed E-state index contributed by atoms with van der Waals surface area (Å²) in [6.07, 6.45) is 2.46. The zero-order chi connectivity index (χ0) is 10.6. The molecule has 6 heteroatoms. The second-order valence-electron chi connectivity index (χ2n) is 4.01. The first-order chi connectivity index (χ1) is 6.53. The second-order valence-corrected chi connectivity index (χ2v) is 5.89. The van der Waals surface area contributed by atoms with Crippen molar-refractivity contribution in [2.24, 2.45) is 0 Å². The number of nitrogens with one attached hydrogen (secondary N) is 2. The van der Waals surface area contributed by atoms with E-state index in [9.17, 15) is 8.42 Å². The van der Waals surface area contributed by atoms with Crippen molar-refractivity contribution in [1.82, 2.24) is 10.0 Å². The third kappa shape index (κ3) is 5.70. The highest BCUT2D eigenvalue weighted by Gasteiger charge is 2.22. The Hall–Kier alpha value is 0.160. The van der Waals surface area contributed by atoms with Gasteiger partial charge in [0.1, 0.15) is 0 Å². The fraction of sp³-hybridized carbons (Fsp3) is 1.00. The van der Waals surface area contributed by atoms with Crippen LogP contribution < -0.4 is 10.0 Å². The van der Waals surface area contributed by atoms with Gasteiger partial charge in [0, 0.05) is 12.1 Å². The second kappa shape index (κ2) is 6.68. The molecule has 0 aliphatic carbocycles. The molecule has 1 rings (SSSR count). The van der Waals surface area contributed by atoms with Crippen molar-refractivity contribution in [3.05, 3.63) is 0 Å². The molecule has 0 bridgehead atoms. The summed E-state index contributed by atoms with van der Waals surface area (Å²) in [5, 5.41) is 3.29. The van der Waals surface area contributed by atoms with E-state index in [2.05, 4.69) is 17.0 Å². The van der Waals surface area contributed by atoms with E-state index in [1.54, 1.807) is 0 Å². The quantitative estimate of drug-likeness (QED) is 0.785. The Morgan fingerprint density at radius 2 is 2.13 bits per heavy atom. The lowest BCUT2D eigenvalue weighted by atomic mass is 10.0. The summed E-state index contributed by atoms with van der Waals surface area (Å²) < 4.78 is 25.7. The van der Waals surface area contributed by atoms with Crippen molar-refractivity contribution in [2.45, 2.75) is 45.2 Å². The Balaban J connectivity index is 0.00000196. The smallest absolute Gasteiger partial charge is 0.211 e. The van der Waals surface area contributed by atoms with Crippen molar-refractivity contribution >= 4 is 22.4 Å². The van der Waals surface area contributed by atoms with Gasteiger partial charge in [0.2, 0.25) is 10.0 Å². The largest absolute Gasteiger partial charge is 0.314 e. The van der Waals surface area contributed by atoms with E-state index in [1.165, 1.54) is 0 Å². The summed E-state index contributed by atoms with van der Waals surface area (Å²) in [5.74, 6) is 0.241.